The minimum atomic E-state index is 0.282. The van der Waals surface area contributed by atoms with Crippen LogP contribution in [0.5, 0.6) is 0 Å². The van der Waals surface area contributed by atoms with Crippen LogP contribution in [-0.4, -0.2) is 15.6 Å². The summed E-state index contributed by atoms with van der Waals surface area (Å²) in [5.74, 6) is 1.09. The second-order valence-corrected chi connectivity index (χ2v) is 5.50. The number of hydrogen-bond donors (Lipinski definition) is 1. The molecule has 2 rings (SSSR count). The van der Waals surface area contributed by atoms with Gasteiger partial charge in [0.2, 0.25) is 0 Å². The maximum Gasteiger partial charge on any atom is 0.125 e. The van der Waals surface area contributed by atoms with E-state index in [1.807, 2.05) is 30.8 Å². The zero-order valence-electron chi connectivity index (χ0n) is 10.6. The lowest BCUT2D eigenvalue weighted by atomic mass is 10.2. The molecule has 0 saturated heterocycles. The van der Waals surface area contributed by atoms with E-state index in [1.54, 1.807) is 0 Å². The molecular weight excluding hydrogens is 230 g/mol. The Hall–Kier alpha value is -1.13. The van der Waals surface area contributed by atoms with Crippen LogP contribution >= 0.6 is 11.3 Å². The van der Waals surface area contributed by atoms with Crippen LogP contribution in [0.4, 0.5) is 0 Å². The first-order chi connectivity index (χ1) is 8.16. The zero-order valence-corrected chi connectivity index (χ0v) is 11.4. The molecule has 4 heteroatoms. The van der Waals surface area contributed by atoms with Gasteiger partial charge in [0.15, 0.2) is 0 Å². The molecule has 0 aliphatic rings. The average Bonchev–Trinajstić information content (AvgIpc) is 2.88. The number of hydrogen-bond acceptors (Lipinski definition) is 3. The maximum absolute atomic E-state index is 4.37. The van der Waals surface area contributed by atoms with Gasteiger partial charge in [0.1, 0.15) is 5.82 Å². The highest BCUT2D eigenvalue weighted by molar-refractivity contribution is 7.09. The summed E-state index contributed by atoms with van der Waals surface area (Å²) in [4.78, 5) is 5.80. The van der Waals surface area contributed by atoms with Crippen LogP contribution in [0.1, 0.15) is 30.6 Å². The first kappa shape index (κ1) is 12.3. The van der Waals surface area contributed by atoms with E-state index < -0.39 is 0 Å². The van der Waals surface area contributed by atoms with Crippen LogP contribution in [-0.2, 0) is 13.5 Å². The predicted octanol–water partition coefficient (Wildman–Crippen LogP) is 2.76. The van der Waals surface area contributed by atoms with E-state index in [0.29, 0.717) is 6.04 Å². The fraction of sp³-hybridized carbons (Fsp3) is 0.462. The standard InChI is InChI=1S/C13H19N3S/c1-10(9-12-5-4-8-17-12)15-11(2)13-14-6-7-16(13)3/h4-8,10-11,15H,9H2,1-3H3. The molecule has 0 saturated carbocycles. The number of imidazole rings is 1. The minimum absolute atomic E-state index is 0.282. The van der Waals surface area contributed by atoms with Crippen LogP contribution in [0.3, 0.4) is 0 Å². The molecule has 0 bridgehead atoms. The number of aromatic nitrogens is 2. The van der Waals surface area contributed by atoms with Gasteiger partial charge in [-0.2, -0.15) is 0 Å². The fourth-order valence-corrected chi connectivity index (χ4v) is 2.92. The third-order valence-corrected chi connectivity index (χ3v) is 3.77. The Labute approximate surface area is 107 Å². The van der Waals surface area contributed by atoms with Gasteiger partial charge in [-0.25, -0.2) is 4.98 Å². The van der Waals surface area contributed by atoms with Crippen LogP contribution in [0.25, 0.3) is 0 Å². The molecule has 0 aromatic carbocycles. The summed E-state index contributed by atoms with van der Waals surface area (Å²) in [5, 5.41) is 5.71. The summed E-state index contributed by atoms with van der Waals surface area (Å²) in [7, 11) is 2.03. The number of rotatable bonds is 5. The molecule has 1 N–H and O–H groups in total. The Balaban J connectivity index is 1.90. The van der Waals surface area contributed by atoms with Gasteiger partial charge in [0, 0.05) is 30.4 Å². The first-order valence-electron chi connectivity index (χ1n) is 5.92. The summed E-state index contributed by atoms with van der Waals surface area (Å²) in [6.45, 7) is 4.38. The van der Waals surface area contributed by atoms with E-state index in [4.69, 9.17) is 0 Å². The van der Waals surface area contributed by atoms with Crippen molar-refractivity contribution in [1.29, 1.82) is 0 Å². The smallest absolute Gasteiger partial charge is 0.125 e. The van der Waals surface area contributed by atoms with Gasteiger partial charge in [-0.15, -0.1) is 11.3 Å². The van der Waals surface area contributed by atoms with E-state index in [1.165, 1.54) is 4.88 Å². The molecular formula is C13H19N3S. The van der Waals surface area contributed by atoms with Crippen molar-refractivity contribution in [1.82, 2.24) is 14.9 Å². The Bertz CT molecular complexity index is 447. The molecule has 2 atom stereocenters. The molecule has 92 valence electrons. The average molecular weight is 249 g/mol. The number of thiophene rings is 1. The molecule has 17 heavy (non-hydrogen) atoms. The van der Waals surface area contributed by atoms with Gasteiger partial charge >= 0.3 is 0 Å². The van der Waals surface area contributed by atoms with E-state index in [2.05, 4.69) is 46.2 Å². The first-order valence-corrected chi connectivity index (χ1v) is 6.80. The highest BCUT2D eigenvalue weighted by Gasteiger charge is 2.13. The summed E-state index contributed by atoms with van der Waals surface area (Å²) >= 11 is 1.82. The second kappa shape index (κ2) is 5.47. The van der Waals surface area contributed by atoms with Crippen molar-refractivity contribution >= 4 is 11.3 Å². The second-order valence-electron chi connectivity index (χ2n) is 4.47. The Morgan fingerprint density at radius 1 is 1.47 bits per heavy atom. The van der Waals surface area contributed by atoms with E-state index in [9.17, 15) is 0 Å². The van der Waals surface area contributed by atoms with Gasteiger partial charge in [0.05, 0.1) is 6.04 Å². The molecule has 0 amide bonds. The van der Waals surface area contributed by atoms with Gasteiger partial charge in [-0.05, 0) is 31.7 Å². The normalized spacial score (nSPS) is 14.8. The Kier molecular flexibility index (Phi) is 3.97. The van der Waals surface area contributed by atoms with Crippen molar-refractivity contribution in [3.05, 3.63) is 40.6 Å². The van der Waals surface area contributed by atoms with Crippen LogP contribution < -0.4 is 5.32 Å². The van der Waals surface area contributed by atoms with Crippen molar-refractivity contribution in [3.63, 3.8) is 0 Å². The molecule has 2 aromatic rings. The molecule has 2 aromatic heterocycles. The van der Waals surface area contributed by atoms with Crippen LogP contribution in [0, 0.1) is 0 Å². The number of nitrogens with zero attached hydrogens (tertiary/aromatic N) is 2. The molecule has 0 radical (unpaired) electrons. The van der Waals surface area contributed by atoms with Gasteiger partial charge in [0.25, 0.3) is 0 Å². The SMILES string of the molecule is CC(Cc1cccs1)NC(C)c1nccn1C. The van der Waals surface area contributed by atoms with Gasteiger partial charge in [-0.1, -0.05) is 6.07 Å². The quantitative estimate of drug-likeness (QED) is 0.883. The van der Waals surface area contributed by atoms with Crippen LogP contribution in [0.15, 0.2) is 29.9 Å². The summed E-state index contributed by atoms with van der Waals surface area (Å²) in [5.41, 5.74) is 0. The summed E-state index contributed by atoms with van der Waals surface area (Å²) in [6.07, 6.45) is 4.90. The molecule has 2 heterocycles. The van der Waals surface area contributed by atoms with E-state index in [0.717, 1.165) is 12.2 Å². The zero-order chi connectivity index (χ0) is 12.3. The largest absolute Gasteiger partial charge is 0.337 e. The third-order valence-electron chi connectivity index (χ3n) is 2.87. The molecule has 3 nitrogen and oxygen atoms in total. The molecule has 0 fully saturated rings. The lowest BCUT2D eigenvalue weighted by Crippen LogP contribution is -2.31. The highest BCUT2D eigenvalue weighted by Crippen LogP contribution is 2.14. The summed E-state index contributed by atoms with van der Waals surface area (Å²) in [6, 6.07) is 5.04. The highest BCUT2D eigenvalue weighted by atomic mass is 32.1. The summed E-state index contributed by atoms with van der Waals surface area (Å²) < 4.78 is 2.07. The van der Waals surface area contributed by atoms with Crippen molar-refractivity contribution < 1.29 is 0 Å². The lowest BCUT2D eigenvalue weighted by molar-refractivity contribution is 0.455. The lowest BCUT2D eigenvalue weighted by Gasteiger charge is -2.19. The van der Waals surface area contributed by atoms with Crippen molar-refractivity contribution in [2.24, 2.45) is 7.05 Å². The predicted molar refractivity (Wildman–Crippen MR) is 72.2 cm³/mol. The minimum Gasteiger partial charge on any atom is -0.337 e. The molecule has 2 unspecified atom stereocenters. The molecule has 0 spiro atoms. The fourth-order valence-electron chi connectivity index (χ4n) is 2.09. The number of aryl methyl sites for hydroxylation is 1. The molecule has 0 aliphatic heterocycles. The third kappa shape index (κ3) is 3.17. The monoisotopic (exact) mass is 249 g/mol. The van der Waals surface area contributed by atoms with Crippen molar-refractivity contribution in [2.75, 3.05) is 0 Å². The van der Waals surface area contributed by atoms with Gasteiger partial charge < -0.3 is 9.88 Å². The van der Waals surface area contributed by atoms with Crippen molar-refractivity contribution in [3.8, 4) is 0 Å². The van der Waals surface area contributed by atoms with E-state index >= 15 is 0 Å². The topological polar surface area (TPSA) is 29.9 Å². The maximum atomic E-state index is 4.37. The van der Waals surface area contributed by atoms with Crippen LogP contribution in [0.2, 0.25) is 0 Å². The Morgan fingerprint density at radius 2 is 2.29 bits per heavy atom. The molecule has 0 aliphatic carbocycles. The number of nitrogens with one attached hydrogen (secondary N) is 1. The van der Waals surface area contributed by atoms with Gasteiger partial charge in [-0.3, -0.25) is 0 Å². The van der Waals surface area contributed by atoms with Crippen molar-refractivity contribution in [2.45, 2.75) is 32.4 Å². The Morgan fingerprint density at radius 3 is 2.88 bits per heavy atom. The van der Waals surface area contributed by atoms with E-state index in [-0.39, 0.29) is 6.04 Å².